The van der Waals surface area contributed by atoms with Crippen molar-refractivity contribution >= 4 is 34.2 Å². The molecule has 0 radical (unpaired) electrons. The van der Waals surface area contributed by atoms with E-state index in [0.717, 1.165) is 9.75 Å². The highest BCUT2D eigenvalue weighted by atomic mass is 32.1. The molecule has 2 heterocycles. The number of hydrogen-bond acceptors (Lipinski definition) is 5. The lowest BCUT2D eigenvalue weighted by atomic mass is 10.1. The smallest absolute Gasteiger partial charge is 0.267 e. The van der Waals surface area contributed by atoms with E-state index >= 15 is 0 Å². The fourth-order valence-electron chi connectivity index (χ4n) is 2.83. The number of fused-ring (bicyclic) bond motifs is 1. The molecule has 0 aliphatic rings. The van der Waals surface area contributed by atoms with Gasteiger partial charge in [-0.3, -0.25) is 9.59 Å². The maximum Gasteiger partial charge on any atom is 0.292 e. The number of amides is 1. The molecule has 0 aliphatic carbocycles. The summed E-state index contributed by atoms with van der Waals surface area (Å²) in [5, 5.41) is 9.25. The van der Waals surface area contributed by atoms with Gasteiger partial charge in [-0.05, 0) is 37.3 Å². The summed E-state index contributed by atoms with van der Waals surface area (Å²) < 4.78 is 1.24. The van der Waals surface area contributed by atoms with Crippen LogP contribution in [0.3, 0.4) is 0 Å². The zero-order valence-electron chi connectivity index (χ0n) is 15.0. The number of hydrogen-bond donors (Lipinski definition) is 1. The summed E-state index contributed by atoms with van der Waals surface area (Å²) >= 11 is 1.58. The standard InChI is InChI=1S/C21H16N4O2S/c1-14-11-12-16(28-14)13-22-23-20(26)19-17-9-5-6-10-18(17)21(27)25(24-19)15-7-3-2-4-8-15/h2-13H,1H3,(H,23,26)/b22-13-. The van der Waals surface area contributed by atoms with Crippen LogP contribution < -0.4 is 11.0 Å². The lowest BCUT2D eigenvalue weighted by Crippen LogP contribution is -2.28. The second kappa shape index (κ2) is 7.58. The molecule has 4 aromatic rings. The van der Waals surface area contributed by atoms with Crippen LogP contribution in [0.2, 0.25) is 0 Å². The molecule has 0 unspecified atom stereocenters. The van der Waals surface area contributed by atoms with E-state index in [0.29, 0.717) is 16.5 Å². The van der Waals surface area contributed by atoms with Crippen molar-refractivity contribution in [3.05, 3.63) is 92.5 Å². The van der Waals surface area contributed by atoms with Crippen LogP contribution in [0.15, 0.2) is 76.6 Å². The molecule has 7 heteroatoms. The number of aromatic nitrogens is 2. The molecule has 0 bridgehead atoms. The summed E-state index contributed by atoms with van der Waals surface area (Å²) in [5.74, 6) is -0.481. The Morgan fingerprint density at radius 2 is 1.75 bits per heavy atom. The summed E-state index contributed by atoms with van der Waals surface area (Å²) in [6.45, 7) is 2.00. The first kappa shape index (κ1) is 17.8. The SMILES string of the molecule is Cc1ccc(/C=N\NC(=O)c2nn(-c3ccccc3)c(=O)c3ccccc23)s1. The van der Waals surface area contributed by atoms with Gasteiger partial charge in [0.2, 0.25) is 0 Å². The Balaban J connectivity index is 1.75. The Morgan fingerprint density at radius 3 is 2.46 bits per heavy atom. The third kappa shape index (κ3) is 3.47. The number of nitrogens with one attached hydrogen (secondary N) is 1. The predicted octanol–water partition coefficient (Wildman–Crippen LogP) is 3.52. The van der Waals surface area contributed by atoms with E-state index in [1.807, 2.05) is 37.3 Å². The van der Waals surface area contributed by atoms with Gasteiger partial charge in [-0.15, -0.1) is 11.3 Å². The first-order valence-electron chi connectivity index (χ1n) is 8.61. The van der Waals surface area contributed by atoms with E-state index < -0.39 is 5.91 Å². The lowest BCUT2D eigenvalue weighted by Gasteiger charge is -2.10. The highest BCUT2D eigenvalue weighted by molar-refractivity contribution is 7.13. The topological polar surface area (TPSA) is 76.3 Å². The Kier molecular flexibility index (Phi) is 4.82. The second-order valence-electron chi connectivity index (χ2n) is 6.09. The Hall–Kier alpha value is -3.58. The third-order valence-electron chi connectivity index (χ3n) is 4.14. The van der Waals surface area contributed by atoms with Gasteiger partial charge in [-0.25, -0.2) is 5.43 Å². The van der Waals surface area contributed by atoms with E-state index in [4.69, 9.17) is 0 Å². The number of carbonyl (C=O) groups is 1. The van der Waals surface area contributed by atoms with Crippen LogP contribution in [0.25, 0.3) is 16.5 Å². The molecule has 0 aliphatic heterocycles. The fourth-order valence-corrected chi connectivity index (χ4v) is 3.58. The van der Waals surface area contributed by atoms with Crippen molar-refractivity contribution in [2.75, 3.05) is 0 Å². The highest BCUT2D eigenvalue weighted by Gasteiger charge is 2.17. The minimum atomic E-state index is -0.481. The fraction of sp³-hybridized carbons (Fsp3) is 0.0476. The van der Waals surface area contributed by atoms with Gasteiger partial charge in [0.15, 0.2) is 5.69 Å². The number of aryl methyl sites for hydroxylation is 1. The molecule has 28 heavy (non-hydrogen) atoms. The monoisotopic (exact) mass is 388 g/mol. The first-order chi connectivity index (χ1) is 13.6. The largest absolute Gasteiger partial charge is 0.292 e. The third-order valence-corrected chi connectivity index (χ3v) is 5.08. The van der Waals surface area contributed by atoms with Gasteiger partial charge >= 0.3 is 0 Å². The Morgan fingerprint density at radius 1 is 1.04 bits per heavy atom. The molecule has 0 saturated carbocycles. The molecule has 6 nitrogen and oxygen atoms in total. The number of para-hydroxylation sites is 1. The van der Waals surface area contributed by atoms with Gasteiger partial charge in [0.25, 0.3) is 11.5 Å². The molecular weight excluding hydrogens is 372 g/mol. The number of carbonyl (C=O) groups excluding carboxylic acids is 1. The van der Waals surface area contributed by atoms with Gasteiger partial charge in [0.1, 0.15) is 0 Å². The van der Waals surface area contributed by atoms with Gasteiger partial charge in [-0.2, -0.15) is 14.9 Å². The van der Waals surface area contributed by atoms with Gasteiger partial charge in [0, 0.05) is 15.1 Å². The van der Waals surface area contributed by atoms with Gasteiger partial charge < -0.3 is 0 Å². The maximum atomic E-state index is 12.8. The van der Waals surface area contributed by atoms with Crippen LogP contribution in [-0.4, -0.2) is 21.9 Å². The molecule has 0 spiro atoms. The van der Waals surface area contributed by atoms with Crippen molar-refractivity contribution in [2.24, 2.45) is 5.10 Å². The van der Waals surface area contributed by atoms with E-state index in [1.54, 1.807) is 53.9 Å². The van der Waals surface area contributed by atoms with Crippen molar-refractivity contribution in [1.29, 1.82) is 0 Å². The van der Waals surface area contributed by atoms with Crippen molar-refractivity contribution in [3.8, 4) is 5.69 Å². The molecule has 1 N–H and O–H groups in total. The highest BCUT2D eigenvalue weighted by Crippen LogP contribution is 2.15. The van der Waals surface area contributed by atoms with Crippen molar-refractivity contribution in [2.45, 2.75) is 6.92 Å². The molecular formula is C21H16N4O2S. The minimum absolute atomic E-state index is 0.138. The normalized spacial score (nSPS) is 11.2. The summed E-state index contributed by atoms with van der Waals surface area (Å²) in [5.41, 5.74) is 2.95. The summed E-state index contributed by atoms with van der Waals surface area (Å²) in [7, 11) is 0. The summed E-state index contributed by atoms with van der Waals surface area (Å²) in [4.78, 5) is 27.7. The van der Waals surface area contributed by atoms with Crippen molar-refractivity contribution in [3.63, 3.8) is 0 Å². The first-order valence-corrected chi connectivity index (χ1v) is 9.42. The zero-order valence-corrected chi connectivity index (χ0v) is 15.8. The van der Waals surface area contributed by atoms with Crippen molar-refractivity contribution < 1.29 is 4.79 Å². The average molecular weight is 388 g/mol. The second-order valence-corrected chi connectivity index (χ2v) is 7.41. The van der Waals surface area contributed by atoms with E-state index in [9.17, 15) is 9.59 Å². The molecule has 1 amide bonds. The van der Waals surface area contributed by atoms with E-state index in [-0.39, 0.29) is 11.3 Å². The lowest BCUT2D eigenvalue weighted by molar-refractivity contribution is 0.0950. The molecule has 2 aromatic carbocycles. The van der Waals surface area contributed by atoms with E-state index in [1.165, 1.54) is 4.68 Å². The Labute approximate surface area is 164 Å². The maximum absolute atomic E-state index is 12.8. The van der Waals surface area contributed by atoms with Crippen LogP contribution in [0.5, 0.6) is 0 Å². The molecule has 0 fully saturated rings. The molecule has 2 aromatic heterocycles. The number of thiophene rings is 1. The predicted molar refractivity (Wildman–Crippen MR) is 111 cm³/mol. The number of rotatable bonds is 4. The number of hydrazone groups is 1. The summed E-state index contributed by atoms with van der Waals surface area (Å²) in [6.07, 6.45) is 1.59. The molecule has 0 atom stereocenters. The van der Waals surface area contributed by atoms with Crippen molar-refractivity contribution in [1.82, 2.24) is 15.2 Å². The van der Waals surface area contributed by atoms with Crippen LogP contribution in [0.1, 0.15) is 20.2 Å². The van der Waals surface area contributed by atoms with Gasteiger partial charge in [0.05, 0.1) is 17.3 Å². The quantitative estimate of drug-likeness (QED) is 0.429. The number of nitrogens with zero attached hydrogens (tertiary/aromatic N) is 3. The average Bonchev–Trinajstić information content (AvgIpc) is 3.14. The van der Waals surface area contributed by atoms with Crippen LogP contribution in [0.4, 0.5) is 0 Å². The Bertz CT molecular complexity index is 1240. The zero-order chi connectivity index (χ0) is 19.5. The van der Waals surface area contributed by atoms with Gasteiger partial charge in [-0.1, -0.05) is 36.4 Å². The van der Waals surface area contributed by atoms with Crippen LogP contribution in [-0.2, 0) is 0 Å². The van der Waals surface area contributed by atoms with Crippen LogP contribution in [0, 0.1) is 6.92 Å². The van der Waals surface area contributed by atoms with Crippen LogP contribution >= 0.6 is 11.3 Å². The minimum Gasteiger partial charge on any atom is -0.267 e. The molecule has 0 saturated heterocycles. The molecule has 4 rings (SSSR count). The summed E-state index contributed by atoms with van der Waals surface area (Å²) in [6, 6.07) is 19.8. The number of benzene rings is 2. The molecule has 138 valence electrons. The van der Waals surface area contributed by atoms with E-state index in [2.05, 4.69) is 15.6 Å².